The van der Waals surface area contributed by atoms with Crippen molar-refractivity contribution in [2.75, 3.05) is 32.1 Å². The predicted molar refractivity (Wildman–Crippen MR) is 71.1 cm³/mol. The molecule has 1 aromatic heterocycles. The van der Waals surface area contributed by atoms with Crippen molar-refractivity contribution in [3.63, 3.8) is 0 Å². The first-order chi connectivity index (χ1) is 8.58. The molecule has 1 aromatic rings. The molecule has 0 fully saturated rings. The number of aromatic nitrogens is 2. The second-order valence-electron chi connectivity index (χ2n) is 4.28. The lowest BCUT2D eigenvalue weighted by Crippen LogP contribution is -2.37. The summed E-state index contributed by atoms with van der Waals surface area (Å²) in [4.78, 5) is 23.7. The van der Waals surface area contributed by atoms with Crippen molar-refractivity contribution in [1.82, 2.24) is 14.9 Å². The van der Waals surface area contributed by atoms with Crippen molar-refractivity contribution < 1.29 is 4.79 Å². The Labute approximate surface area is 108 Å². The van der Waals surface area contributed by atoms with E-state index in [0.29, 0.717) is 18.9 Å². The fraction of sp³-hybridized carbons (Fsp3) is 0.583. The zero-order chi connectivity index (χ0) is 13.5. The highest BCUT2D eigenvalue weighted by molar-refractivity contribution is 5.80. The first-order valence-corrected chi connectivity index (χ1v) is 6.04. The zero-order valence-electron chi connectivity index (χ0n) is 11.3. The van der Waals surface area contributed by atoms with Gasteiger partial charge in [0, 0.05) is 27.2 Å². The lowest BCUT2D eigenvalue weighted by atomic mass is 10.3. The second kappa shape index (κ2) is 6.90. The maximum absolute atomic E-state index is 11.7. The maximum Gasteiger partial charge on any atom is 0.241 e. The third kappa shape index (κ3) is 3.96. The molecule has 1 rings (SSSR count). The maximum atomic E-state index is 11.7. The van der Waals surface area contributed by atoms with E-state index in [0.717, 1.165) is 18.7 Å². The van der Waals surface area contributed by atoms with Gasteiger partial charge in [0.05, 0.1) is 24.6 Å². The first kappa shape index (κ1) is 14.4. The summed E-state index contributed by atoms with van der Waals surface area (Å²) in [6, 6.07) is 0. The number of likely N-dealkylation sites (N-methyl/N-ethyl adjacent to an activating group) is 1. The van der Waals surface area contributed by atoms with Crippen LogP contribution < -0.4 is 10.6 Å². The van der Waals surface area contributed by atoms with E-state index >= 15 is 0 Å². The smallest absolute Gasteiger partial charge is 0.241 e. The van der Waals surface area contributed by atoms with Crippen molar-refractivity contribution >= 4 is 11.7 Å². The molecule has 100 valence electrons. The highest BCUT2D eigenvalue weighted by Gasteiger charge is 2.13. The zero-order valence-corrected chi connectivity index (χ0v) is 11.3. The van der Waals surface area contributed by atoms with E-state index in [1.807, 2.05) is 4.90 Å². The highest BCUT2D eigenvalue weighted by atomic mass is 16.2. The molecule has 0 spiro atoms. The third-order valence-electron chi connectivity index (χ3n) is 2.54. The molecule has 2 N–H and O–H groups in total. The standard InChI is InChI=1S/C12H21N5O/c1-4-5-17(9-12(18)16(2)3)11-8-14-10(6-13)7-15-11/h7-8H,4-6,9,13H2,1-3H3. The molecule has 18 heavy (non-hydrogen) atoms. The van der Waals surface area contributed by atoms with Crippen molar-refractivity contribution in [2.24, 2.45) is 5.73 Å². The average Bonchev–Trinajstić information content (AvgIpc) is 2.38. The molecule has 6 heteroatoms. The van der Waals surface area contributed by atoms with Gasteiger partial charge in [-0.15, -0.1) is 0 Å². The van der Waals surface area contributed by atoms with E-state index in [4.69, 9.17) is 5.73 Å². The molecular formula is C12H21N5O. The predicted octanol–water partition coefficient (Wildman–Crippen LogP) is 0.240. The lowest BCUT2D eigenvalue weighted by molar-refractivity contribution is -0.127. The van der Waals surface area contributed by atoms with Crippen LogP contribution in [-0.2, 0) is 11.3 Å². The summed E-state index contributed by atoms with van der Waals surface area (Å²) in [5.41, 5.74) is 6.22. The van der Waals surface area contributed by atoms with E-state index in [9.17, 15) is 4.79 Å². The highest BCUT2D eigenvalue weighted by Crippen LogP contribution is 2.09. The van der Waals surface area contributed by atoms with Crippen LogP contribution >= 0.6 is 0 Å². The van der Waals surface area contributed by atoms with Gasteiger partial charge in [-0.3, -0.25) is 9.78 Å². The lowest BCUT2D eigenvalue weighted by Gasteiger charge is -2.23. The second-order valence-corrected chi connectivity index (χ2v) is 4.28. The minimum absolute atomic E-state index is 0.0492. The summed E-state index contributed by atoms with van der Waals surface area (Å²) >= 11 is 0. The Hall–Kier alpha value is -1.69. The van der Waals surface area contributed by atoms with E-state index < -0.39 is 0 Å². The van der Waals surface area contributed by atoms with Gasteiger partial charge in [0.15, 0.2) is 0 Å². The van der Waals surface area contributed by atoms with Gasteiger partial charge in [-0.25, -0.2) is 4.98 Å². The Kier molecular flexibility index (Phi) is 5.51. The monoisotopic (exact) mass is 251 g/mol. The number of carbonyl (C=O) groups is 1. The SMILES string of the molecule is CCCN(CC(=O)N(C)C)c1cnc(CN)cn1. The van der Waals surface area contributed by atoms with Crippen molar-refractivity contribution in [3.8, 4) is 0 Å². The van der Waals surface area contributed by atoms with E-state index in [1.54, 1.807) is 31.4 Å². The molecule has 0 aliphatic rings. The first-order valence-electron chi connectivity index (χ1n) is 6.04. The molecule has 0 saturated heterocycles. The minimum Gasteiger partial charge on any atom is -0.347 e. The van der Waals surface area contributed by atoms with Gasteiger partial charge in [-0.2, -0.15) is 0 Å². The van der Waals surface area contributed by atoms with Crippen LogP contribution in [0.2, 0.25) is 0 Å². The molecule has 1 heterocycles. The van der Waals surface area contributed by atoms with Crippen molar-refractivity contribution in [2.45, 2.75) is 19.9 Å². The number of anilines is 1. The largest absolute Gasteiger partial charge is 0.347 e. The third-order valence-corrected chi connectivity index (χ3v) is 2.54. The Bertz CT molecular complexity index is 377. The number of hydrogen-bond acceptors (Lipinski definition) is 5. The van der Waals surface area contributed by atoms with Crippen LogP contribution in [0.3, 0.4) is 0 Å². The quantitative estimate of drug-likeness (QED) is 0.784. The van der Waals surface area contributed by atoms with E-state index in [2.05, 4.69) is 16.9 Å². The molecule has 0 radical (unpaired) electrons. The molecule has 0 atom stereocenters. The van der Waals surface area contributed by atoms with Crippen LogP contribution in [-0.4, -0.2) is 48.0 Å². The summed E-state index contributed by atoms with van der Waals surface area (Å²) in [6.45, 7) is 3.53. The van der Waals surface area contributed by atoms with Gasteiger partial charge >= 0.3 is 0 Å². The van der Waals surface area contributed by atoms with Crippen LogP contribution in [0, 0.1) is 0 Å². The van der Waals surface area contributed by atoms with Crippen LogP contribution in [0.5, 0.6) is 0 Å². The summed E-state index contributed by atoms with van der Waals surface area (Å²) in [5, 5.41) is 0. The topological polar surface area (TPSA) is 75.4 Å². The molecule has 1 amide bonds. The van der Waals surface area contributed by atoms with Gasteiger partial charge in [0.2, 0.25) is 5.91 Å². The van der Waals surface area contributed by atoms with Crippen molar-refractivity contribution in [3.05, 3.63) is 18.1 Å². The van der Waals surface area contributed by atoms with Gasteiger partial charge in [-0.1, -0.05) is 6.92 Å². The van der Waals surface area contributed by atoms with Crippen LogP contribution in [0.15, 0.2) is 12.4 Å². The van der Waals surface area contributed by atoms with Crippen molar-refractivity contribution in [1.29, 1.82) is 0 Å². The number of carbonyl (C=O) groups excluding carboxylic acids is 1. The van der Waals surface area contributed by atoms with Gasteiger partial charge in [0.25, 0.3) is 0 Å². The normalized spacial score (nSPS) is 10.2. The molecule has 0 saturated carbocycles. The number of nitrogens with zero attached hydrogens (tertiary/aromatic N) is 4. The molecule has 0 aromatic carbocycles. The number of amides is 1. The molecule has 0 unspecified atom stereocenters. The van der Waals surface area contributed by atoms with Crippen LogP contribution in [0.25, 0.3) is 0 Å². The Morgan fingerprint density at radius 2 is 2.06 bits per heavy atom. The van der Waals surface area contributed by atoms with Crippen LogP contribution in [0.1, 0.15) is 19.0 Å². The van der Waals surface area contributed by atoms with E-state index in [-0.39, 0.29) is 5.91 Å². The van der Waals surface area contributed by atoms with Gasteiger partial charge in [0.1, 0.15) is 5.82 Å². The fourth-order valence-electron chi connectivity index (χ4n) is 1.47. The molecule has 6 nitrogen and oxygen atoms in total. The number of nitrogens with two attached hydrogens (primary N) is 1. The van der Waals surface area contributed by atoms with E-state index in [1.165, 1.54) is 0 Å². The molecule has 0 aliphatic heterocycles. The Morgan fingerprint density at radius 3 is 2.50 bits per heavy atom. The van der Waals surface area contributed by atoms with Gasteiger partial charge < -0.3 is 15.5 Å². The molecular weight excluding hydrogens is 230 g/mol. The Morgan fingerprint density at radius 1 is 1.33 bits per heavy atom. The summed E-state index contributed by atoms with van der Waals surface area (Å²) in [7, 11) is 3.49. The summed E-state index contributed by atoms with van der Waals surface area (Å²) in [6.07, 6.45) is 4.26. The number of hydrogen-bond donors (Lipinski definition) is 1. The molecule has 0 bridgehead atoms. The van der Waals surface area contributed by atoms with Gasteiger partial charge in [-0.05, 0) is 6.42 Å². The Balaban J connectivity index is 2.79. The minimum atomic E-state index is 0.0492. The summed E-state index contributed by atoms with van der Waals surface area (Å²) in [5.74, 6) is 0.761. The fourth-order valence-corrected chi connectivity index (χ4v) is 1.47. The van der Waals surface area contributed by atoms with Crippen LogP contribution in [0.4, 0.5) is 5.82 Å². The average molecular weight is 251 g/mol. The molecule has 0 aliphatic carbocycles. The summed E-state index contributed by atoms with van der Waals surface area (Å²) < 4.78 is 0. The number of rotatable bonds is 6.